The number of rotatable bonds is 11. The summed E-state index contributed by atoms with van der Waals surface area (Å²) in [5.74, 6) is 0. The molecule has 0 aliphatic rings. The molecule has 0 bridgehead atoms. The van der Waals surface area contributed by atoms with Crippen LogP contribution in [0.3, 0.4) is 0 Å². The van der Waals surface area contributed by atoms with Gasteiger partial charge in [-0.15, -0.1) is 0 Å². The SMILES string of the molecule is CCCCN(CCCC)P(Br)(Cc1ccccc1)(c1ccccc1)c1ccccc1. The molecule has 3 rings (SSSR count). The van der Waals surface area contributed by atoms with Crippen LogP contribution in [0.2, 0.25) is 0 Å². The molecule has 1 nitrogen and oxygen atoms in total. The topological polar surface area (TPSA) is 3.24 Å². The zero-order chi connectivity index (χ0) is 21.3. The Morgan fingerprint density at radius 2 is 1.03 bits per heavy atom. The van der Waals surface area contributed by atoms with Crippen LogP contribution >= 0.6 is 20.9 Å². The van der Waals surface area contributed by atoms with Crippen molar-refractivity contribution in [1.29, 1.82) is 0 Å². The molecule has 0 heterocycles. The van der Waals surface area contributed by atoms with Gasteiger partial charge in [-0.25, -0.2) is 0 Å². The fourth-order valence-electron chi connectivity index (χ4n) is 4.35. The van der Waals surface area contributed by atoms with Crippen molar-refractivity contribution < 1.29 is 0 Å². The summed E-state index contributed by atoms with van der Waals surface area (Å²) in [6.45, 7) is 6.80. The minimum atomic E-state index is -2.87. The average molecular weight is 484 g/mol. The Hall–Kier alpha value is -1.47. The third-order valence-electron chi connectivity index (χ3n) is 6.01. The number of nitrogens with zero attached hydrogens (tertiary/aromatic N) is 1. The molecule has 0 spiro atoms. The number of hydrogen-bond acceptors (Lipinski definition) is 1. The second kappa shape index (κ2) is 10.7. The van der Waals surface area contributed by atoms with Crippen LogP contribution in [0.4, 0.5) is 0 Å². The molecule has 0 N–H and O–H groups in total. The molecule has 0 saturated carbocycles. The van der Waals surface area contributed by atoms with Crippen molar-refractivity contribution in [3.05, 3.63) is 96.6 Å². The fraction of sp³-hybridized carbons (Fsp3) is 0.333. The van der Waals surface area contributed by atoms with E-state index in [2.05, 4.69) is 125 Å². The molecule has 0 radical (unpaired) electrons. The van der Waals surface area contributed by atoms with Crippen molar-refractivity contribution in [1.82, 2.24) is 4.67 Å². The van der Waals surface area contributed by atoms with Gasteiger partial charge in [0, 0.05) is 0 Å². The van der Waals surface area contributed by atoms with E-state index < -0.39 is 5.46 Å². The Bertz CT molecular complexity index is 835. The summed E-state index contributed by atoms with van der Waals surface area (Å²) in [7, 11) is 0. The maximum atomic E-state index is 4.63. The monoisotopic (exact) mass is 483 g/mol. The minimum absolute atomic E-state index is 0.994. The van der Waals surface area contributed by atoms with Crippen LogP contribution in [0.15, 0.2) is 91.0 Å². The van der Waals surface area contributed by atoms with E-state index in [0.717, 1.165) is 19.3 Å². The van der Waals surface area contributed by atoms with Gasteiger partial charge >= 0.3 is 192 Å². The van der Waals surface area contributed by atoms with E-state index in [1.54, 1.807) is 0 Å². The van der Waals surface area contributed by atoms with Crippen LogP contribution in [0.25, 0.3) is 0 Å². The Labute approximate surface area is 191 Å². The van der Waals surface area contributed by atoms with Gasteiger partial charge in [0.1, 0.15) is 0 Å². The first-order valence-corrected chi connectivity index (χ1v) is 15.7. The van der Waals surface area contributed by atoms with Crippen molar-refractivity contribution >= 4 is 31.6 Å². The Morgan fingerprint density at radius 1 is 0.633 bits per heavy atom. The zero-order valence-corrected chi connectivity index (χ0v) is 20.9. The summed E-state index contributed by atoms with van der Waals surface area (Å²) < 4.78 is 2.83. The van der Waals surface area contributed by atoms with Gasteiger partial charge in [-0.1, -0.05) is 0 Å². The number of benzene rings is 3. The molecule has 0 unspecified atom stereocenters. The molecule has 30 heavy (non-hydrogen) atoms. The first-order valence-electron chi connectivity index (χ1n) is 11.3. The molecule has 0 amide bonds. The van der Waals surface area contributed by atoms with Crippen molar-refractivity contribution in [3.8, 4) is 0 Å². The van der Waals surface area contributed by atoms with Crippen LogP contribution in [0, 0.1) is 0 Å². The molecule has 0 atom stereocenters. The second-order valence-corrected chi connectivity index (χ2v) is 16.9. The van der Waals surface area contributed by atoms with Gasteiger partial charge in [0.15, 0.2) is 0 Å². The summed E-state index contributed by atoms with van der Waals surface area (Å²) in [6.07, 6.45) is 5.82. The first-order chi connectivity index (χ1) is 14.6. The molecule has 0 saturated heterocycles. The van der Waals surface area contributed by atoms with E-state index in [4.69, 9.17) is 0 Å². The van der Waals surface area contributed by atoms with Gasteiger partial charge in [0.05, 0.1) is 0 Å². The first kappa shape index (κ1) is 23.2. The predicted molar refractivity (Wildman–Crippen MR) is 140 cm³/mol. The molecular formula is C27H35BrNP. The molecule has 0 aliphatic carbocycles. The molecule has 0 aromatic heterocycles. The van der Waals surface area contributed by atoms with E-state index >= 15 is 0 Å². The van der Waals surface area contributed by atoms with E-state index in [9.17, 15) is 0 Å². The van der Waals surface area contributed by atoms with Gasteiger partial charge in [0.2, 0.25) is 0 Å². The normalized spacial score (nSPS) is 13.1. The van der Waals surface area contributed by atoms with Gasteiger partial charge in [-0.05, 0) is 0 Å². The van der Waals surface area contributed by atoms with Gasteiger partial charge in [-0.3, -0.25) is 0 Å². The van der Waals surface area contributed by atoms with Crippen LogP contribution < -0.4 is 10.6 Å². The third kappa shape index (κ3) is 4.72. The van der Waals surface area contributed by atoms with Gasteiger partial charge in [0.25, 0.3) is 0 Å². The Morgan fingerprint density at radius 3 is 1.43 bits per heavy atom. The summed E-state index contributed by atoms with van der Waals surface area (Å²) in [5, 5.41) is 2.84. The van der Waals surface area contributed by atoms with Crippen LogP contribution in [-0.4, -0.2) is 17.8 Å². The quantitative estimate of drug-likeness (QED) is 0.255. The number of hydrogen-bond donors (Lipinski definition) is 0. The van der Waals surface area contributed by atoms with Crippen molar-refractivity contribution in [2.24, 2.45) is 0 Å². The molecule has 3 aromatic carbocycles. The van der Waals surface area contributed by atoms with E-state index in [1.165, 1.54) is 41.9 Å². The summed E-state index contributed by atoms with van der Waals surface area (Å²) in [6, 6.07) is 33.4. The molecule has 0 aliphatic heterocycles. The van der Waals surface area contributed by atoms with E-state index in [0.29, 0.717) is 0 Å². The summed E-state index contributed by atoms with van der Waals surface area (Å²) in [5.41, 5.74) is -1.48. The maximum absolute atomic E-state index is 4.63. The fourth-order valence-corrected chi connectivity index (χ4v) is 12.7. The van der Waals surface area contributed by atoms with Gasteiger partial charge in [-0.2, -0.15) is 0 Å². The van der Waals surface area contributed by atoms with Crippen molar-refractivity contribution in [2.75, 3.05) is 13.1 Å². The van der Waals surface area contributed by atoms with Crippen molar-refractivity contribution in [3.63, 3.8) is 0 Å². The molecule has 3 aromatic rings. The number of unbranched alkanes of at least 4 members (excludes halogenated alkanes) is 2. The number of halogens is 1. The summed E-state index contributed by atoms with van der Waals surface area (Å²) in [4.78, 5) is 0. The van der Waals surface area contributed by atoms with Crippen LogP contribution in [0.5, 0.6) is 0 Å². The van der Waals surface area contributed by atoms with E-state index in [-0.39, 0.29) is 0 Å². The Kier molecular flexibility index (Phi) is 8.28. The molecule has 160 valence electrons. The third-order valence-corrected chi connectivity index (χ3v) is 15.8. The molecular weight excluding hydrogens is 449 g/mol. The average Bonchev–Trinajstić information content (AvgIpc) is 2.81. The van der Waals surface area contributed by atoms with Crippen LogP contribution in [0.1, 0.15) is 45.1 Å². The standard InChI is InChI=1S/C27H35BrNP/c1-3-5-22-29(23-6-4-2)30(28,26-18-12-8-13-19-26,27-20-14-9-15-21-27)24-25-16-10-7-11-17-25/h7-21H,3-6,22-24H2,1-2H3. The zero-order valence-electron chi connectivity index (χ0n) is 18.4. The van der Waals surface area contributed by atoms with Crippen molar-refractivity contribution in [2.45, 2.75) is 45.7 Å². The molecule has 3 heteroatoms. The molecule has 0 fully saturated rings. The van der Waals surface area contributed by atoms with Gasteiger partial charge < -0.3 is 0 Å². The predicted octanol–water partition coefficient (Wildman–Crippen LogP) is 7.52. The summed E-state index contributed by atoms with van der Waals surface area (Å²) >= 11 is 4.63. The Balaban J connectivity index is 2.30. The van der Waals surface area contributed by atoms with Crippen LogP contribution in [-0.2, 0) is 6.16 Å². The van der Waals surface area contributed by atoms with E-state index in [1.807, 2.05) is 0 Å². The second-order valence-electron chi connectivity index (χ2n) is 8.11.